The molecule has 124 valence electrons. The van der Waals surface area contributed by atoms with Crippen LogP contribution in [-0.4, -0.2) is 28.6 Å². The summed E-state index contributed by atoms with van der Waals surface area (Å²) < 4.78 is 0. The van der Waals surface area contributed by atoms with Gasteiger partial charge in [-0.1, -0.05) is 70.4 Å². The Morgan fingerprint density at radius 1 is 1.10 bits per heavy atom. The first-order valence-electron chi connectivity index (χ1n) is 8.30. The van der Waals surface area contributed by atoms with Gasteiger partial charge in [0.05, 0.1) is 0 Å². The first-order chi connectivity index (χ1) is 10.1. The second kappa shape index (κ2) is 14.5. The number of hydrogen-bond donors (Lipinski definition) is 2. The van der Waals surface area contributed by atoms with Crippen molar-refractivity contribution in [2.75, 3.05) is 11.5 Å². The highest BCUT2D eigenvalue weighted by Crippen LogP contribution is 2.15. The van der Waals surface area contributed by atoms with Gasteiger partial charge in [0.25, 0.3) is 0 Å². The average Bonchev–Trinajstić information content (AvgIpc) is 2.45. The Morgan fingerprint density at radius 2 is 1.62 bits per heavy atom. The first-order valence-corrected chi connectivity index (χ1v) is 9.46. The molecule has 21 heavy (non-hydrogen) atoms. The van der Waals surface area contributed by atoms with Crippen molar-refractivity contribution < 1.29 is 9.90 Å². The van der Waals surface area contributed by atoms with Crippen molar-refractivity contribution in [3.05, 3.63) is 12.2 Å². The molecule has 4 heteroatoms. The average molecular weight is 316 g/mol. The SMILES string of the molecule is C=C(CCCCCCCCCCC)CSC[C@H](N)C(=O)O. The topological polar surface area (TPSA) is 63.3 Å². The van der Waals surface area contributed by atoms with E-state index in [1.807, 2.05) is 0 Å². The lowest BCUT2D eigenvalue weighted by atomic mass is 10.1. The second-order valence-electron chi connectivity index (χ2n) is 5.79. The van der Waals surface area contributed by atoms with Crippen LogP contribution in [0.3, 0.4) is 0 Å². The first kappa shape index (κ1) is 20.5. The zero-order valence-electron chi connectivity index (χ0n) is 13.6. The quantitative estimate of drug-likeness (QED) is 0.342. The van der Waals surface area contributed by atoms with Crippen LogP contribution in [0, 0.1) is 0 Å². The summed E-state index contributed by atoms with van der Waals surface area (Å²) in [6, 6.07) is -0.754. The van der Waals surface area contributed by atoms with Crippen molar-refractivity contribution in [1.82, 2.24) is 0 Å². The molecule has 0 bridgehead atoms. The van der Waals surface area contributed by atoms with Crippen LogP contribution in [0.5, 0.6) is 0 Å². The summed E-state index contributed by atoms with van der Waals surface area (Å²) in [7, 11) is 0. The third kappa shape index (κ3) is 14.2. The second-order valence-corrected chi connectivity index (χ2v) is 6.82. The molecule has 0 heterocycles. The van der Waals surface area contributed by atoms with Gasteiger partial charge in [0.1, 0.15) is 6.04 Å². The molecular weight excluding hydrogens is 282 g/mol. The minimum Gasteiger partial charge on any atom is -0.480 e. The zero-order valence-corrected chi connectivity index (χ0v) is 14.4. The molecule has 0 saturated heterocycles. The Morgan fingerprint density at radius 3 is 2.14 bits per heavy atom. The molecule has 0 spiro atoms. The van der Waals surface area contributed by atoms with Crippen LogP contribution in [0.2, 0.25) is 0 Å². The van der Waals surface area contributed by atoms with E-state index >= 15 is 0 Å². The fraction of sp³-hybridized carbons (Fsp3) is 0.824. The molecule has 0 aliphatic carbocycles. The summed E-state index contributed by atoms with van der Waals surface area (Å²) in [5.74, 6) is 0.372. The Labute approximate surface area is 134 Å². The predicted octanol–water partition coefficient (Wildman–Crippen LogP) is 4.61. The number of carbonyl (C=O) groups is 1. The third-order valence-corrected chi connectivity index (χ3v) is 4.76. The van der Waals surface area contributed by atoms with E-state index in [1.165, 1.54) is 63.4 Å². The van der Waals surface area contributed by atoms with E-state index in [0.717, 1.165) is 12.2 Å². The van der Waals surface area contributed by atoms with Gasteiger partial charge in [-0.25, -0.2) is 0 Å². The molecule has 0 saturated carbocycles. The minimum absolute atomic E-state index is 0.464. The fourth-order valence-electron chi connectivity index (χ4n) is 2.16. The fourth-order valence-corrected chi connectivity index (χ4v) is 3.11. The standard InChI is InChI=1S/C17H33NO2S/c1-3-4-5-6-7-8-9-10-11-12-15(2)13-21-14-16(18)17(19)20/h16H,2-14,18H2,1H3,(H,19,20)/t16-/m0/s1. The molecule has 0 unspecified atom stereocenters. The van der Waals surface area contributed by atoms with Crippen LogP contribution >= 0.6 is 11.8 Å². The van der Waals surface area contributed by atoms with Gasteiger partial charge in [-0.3, -0.25) is 4.79 Å². The van der Waals surface area contributed by atoms with Gasteiger partial charge in [0, 0.05) is 11.5 Å². The Balaban J connectivity index is 3.28. The summed E-state index contributed by atoms with van der Waals surface area (Å²) in [4.78, 5) is 10.6. The van der Waals surface area contributed by atoms with E-state index in [2.05, 4.69) is 13.5 Å². The number of thioether (sulfide) groups is 1. The van der Waals surface area contributed by atoms with Gasteiger partial charge in [0.2, 0.25) is 0 Å². The summed E-state index contributed by atoms with van der Waals surface area (Å²) in [6.07, 6.45) is 13.1. The Kier molecular flexibility index (Phi) is 14.1. The van der Waals surface area contributed by atoms with Crippen molar-refractivity contribution >= 4 is 17.7 Å². The third-order valence-electron chi connectivity index (χ3n) is 3.55. The molecule has 0 aromatic rings. The number of hydrogen-bond acceptors (Lipinski definition) is 3. The number of aliphatic carboxylic acids is 1. The molecule has 0 aliphatic rings. The normalized spacial score (nSPS) is 12.3. The Hall–Kier alpha value is -0.480. The number of carboxylic acids is 1. The smallest absolute Gasteiger partial charge is 0.321 e. The molecule has 0 aromatic heterocycles. The summed E-state index contributed by atoms with van der Waals surface area (Å²) >= 11 is 1.57. The highest BCUT2D eigenvalue weighted by Gasteiger charge is 2.10. The van der Waals surface area contributed by atoms with Crippen molar-refractivity contribution in [3.8, 4) is 0 Å². The van der Waals surface area contributed by atoms with E-state index in [1.54, 1.807) is 11.8 Å². The van der Waals surface area contributed by atoms with Gasteiger partial charge < -0.3 is 10.8 Å². The van der Waals surface area contributed by atoms with Gasteiger partial charge in [0.15, 0.2) is 0 Å². The van der Waals surface area contributed by atoms with E-state index in [4.69, 9.17) is 10.8 Å². The molecule has 3 nitrogen and oxygen atoms in total. The lowest BCUT2D eigenvalue weighted by Crippen LogP contribution is -2.32. The Bertz CT molecular complexity index is 282. The summed E-state index contributed by atoms with van der Waals surface area (Å²) in [5.41, 5.74) is 6.66. The summed E-state index contributed by atoms with van der Waals surface area (Å²) in [5, 5.41) is 8.68. The highest BCUT2D eigenvalue weighted by atomic mass is 32.2. The number of rotatable bonds is 15. The molecule has 0 aromatic carbocycles. The predicted molar refractivity (Wildman–Crippen MR) is 93.9 cm³/mol. The van der Waals surface area contributed by atoms with E-state index in [9.17, 15) is 4.79 Å². The maximum absolute atomic E-state index is 10.6. The summed E-state index contributed by atoms with van der Waals surface area (Å²) in [6.45, 7) is 6.31. The monoisotopic (exact) mass is 315 g/mol. The highest BCUT2D eigenvalue weighted by molar-refractivity contribution is 7.99. The number of nitrogens with two attached hydrogens (primary N) is 1. The molecule has 0 rings (SSSR count). The van der Waals surface area contributed by atoms with Crippen molar-refractivity contribution in [2.45, 2.75) is 77.2 Å². The van der Waals surface area contributed by atoms with Crippen LogP contribution in [-0.2, 0) is 4.79 Å². The number of unbranched alkanes of at least 4 members (excludes halogenated alkanes) is 8. The maximum Gasteiger partial charge on any atom is 0.321 e. The van der Waals surface area contributed by atoms with Crippen LogP contribution in [0.25, 0.3) is 0 Å². The molecule has 0 fully saturated rings. The molecule has 0 aliphatic heterocycles. The lowest BCUT2D eigenvalue weighted by Gasteiger charge is -2.08. The minimum atomic E-state index is -0.924. The zero-order chi connectivity index (χ0) is 15.9. The largest absolute Gasteiger partial charge is 0.480 e. The van der Waals surface area contributed by atoms with Crippen LogP contribution in [0.1, 0.15) is 71.1 Å². The van der Waals surface area contributed by atoms with Gasteiger partial charge in [-0.2, -0.15) is 11.8 Å². The molecular formula is C17H33NO2S. The van der Waals surface area contributed by atoms with E-state index in [0.29, 0.717) is 5.75 Å². The van der Waals surface area contributed by atoms with E-state index < -0.39 is 12.0 Å². The molecule has 0 radical (unpaired) electrons. The molecule has 1 atom stereocenters. The number of carboxylic acid groups (broad SMARTS) is 1. The van der Waals surface area contributed by atoms with Crippen molar-refractivity contribution in [1.29, 1.82) is 0 Å². The van der Waals surface area contributed by atoms with Crippen LogP contribution < -0.4 is 5.73 Å². The van der Waals surface area contributed by atoms with Gasteiger partial charge in [-0.05, 0) is 12.8 Å². The van der Waals surface area contributed by atoms with Crippen molar-refractivity contribution in [2.24, 2.45) is 5.73 Å². The van der Waals surface area contributed by atoms with Crippen LogP contribution in [0.4, 0.5) is 0 Å². The van der Waals surface area contributed by atoms with Crippen molar-refractivity contribution in [3.63, 3.8) is 0 Å². The van der Waals surface area contributed by atoms with Gasteiger partial charge >= 0.3 is 5.97 Å². The lowest BCUT2D eigenvalue weighted by molar-refractivity contribution is -0.137. The van der Waals surface area contributed by atoms with E-state index in [-0.39, 0.29) is 0 Å². The molecule has 3 N–H and O–H groups in total. The van der Waals surface area contributed by atoms with Gasteiger partial charge in [-0.15, -0.1) is 0 Å². The van der Waals surface area contributed by atoms with Crippen LogP contribution in [0.15, 0.2) is 12.2 Å². The molecule has 0 amide bonds. The maximum atomic E-state index is 10.6.